The topological polar surface area (TPSA) is 47.6 Å². The molecule has 1 atom stereocenters. The highest BCUT2D eigenvalue weighted by Crippen LogP contribution is 2.24. The van der Waals surface area contributed by atoms with E-state index in [0.29, 0.717) is 24.1 Å². The summed E-state index contributed by atoms with van der Waals surface area (Å²) in [5.74, 6) is 0.951. The van der Waals surface area contributed by atoms with Crippen molar-refractivity contribution >= 4 is 19.5 Å². The number of ether oxygens (including phenoxy) is 2. The van der Waals surface area contributed by atoms with Crippen molar-refractivity contribution in [3.8, 4) is 5.75 Å². The largest absolute Gasteiger partial charge is 0.492 e. The number of esters is 1. The Morgan fingerprint density at radius 2 is 2.21 bits per heavy atom. The fraction of sp³-hybridized carbons (Fsp3) is 0.500. The lowest BCUT2D eigenvalue weighted by molar-refractivity contribution is 0.0600. The summed E-state index contributed by atoms with van der Waals surface area (Å²) in [4.78, 5) is 11.5. The molecule has 19 heavy (non-hydrogen) atoms. The third-order valence-corrected chi connectivity index (χ3v) is 3.27. The number of nitrogens with one attached hydrogen (secondary N) is 1. The van der Waals surface area contributed by atoms with Gasteiger partial charge < -0.3 is 14.8 Å². The van der Waals surface area contributed by atoms with Gasteiger partial charge in [-0.2, -0.15) is 13.5 Å². The molecule has 0 bridgehead atoms. The van der Waals surface area contributed by atoms with Gasteiger partial charge in [0, 0.05) is 18.2 Å². The minimum Gasteiger partial charge on any atom is -0.492 e. The van der Waals surface area contributed by atoms with E-state index in [1.54, 1.807) is 12.1 Å². The Hall–Kier alpha value is -1.20. The molecule has 4 nitrogen and oxygen atoms in total. The molecule has 0 saturated carbocycles. The molecular formula is C14H21NO3S. The van der Waals surface area contributed by atoms with Gasteiger partial charge in [0.25, 0.3) is 0 Å². The zero-order valence-electron chi connectivity index (χ0n) is 11.5. The maximum atomic E-state index is 11.5. The minimum atomic E-state index is -0.334. The van der Waals surface area contributed by atoms with Crippen molar-refractivity contribution < 1.29 is 14.3 Å². The second-order valence-corrected chi connectivity index (χ2v) is 4.86. The SMILES string of the molecule is COC(=O)c1ccc2c(c1)OC[C@H](C(C)C)NC2.S. The van der Waals surface area contributed by atoms with E-state index in [1.165, 1.54) is 7.11 Å². The highest BCUT2D eigenvalue weighted by molar-refractivity contribution is 7.59. The highest BCUT2D eigenvalue weighted by atomic mass is 32.1. The number of fused-ring (bicyclic) bond motifs is 1. The summed E-state index contributed by atoms with van der Waals surface area (Å²) >= 11 is 0. The minimum absolute atomic E-state index is 0. The summed E-state index contributed by atoms with van der Waals surface area (Å²) in [7, 11) is 1.38. The monoisotopic (exact) mass is 283 g/mol. The summed E-state index contributed by atoms with van der Waals surface area (Å²) in [5, 5.41) is 3.46. The van der Waals surface area contributed by atoms with E-state index in [9.17, 15) is 4.79 Å². The molecule has 1 aliphatic rings. The first-order chi connectivity index (χ1) is 8.61. The number of carbonyl (C=O) groups is 1. The van der Waals surface area contributed by atoms with E-state index in [0.717, 1.165) is 17.9 Å². The second kappa shape index (κ2) is 6.82. The van der Waals surface area contributed by atoms with E-state index in [4.69, 9.17) is 9.47 Å². The van der Waals surface area contributed by atoms with Gasteiger partial charge in [0.2, 0.25) is 0 Å². The van der Waals surface area contributed by atoms with Crippen LogP contribution in [0, 0.1) is 5.92 Å². The summed E-state index contributed by atoms with van der Waals surface area (Å²) in [6, 6.07) is 5.77. The zero-order valence-corrected chi connectivity index (χ0v) is 12.5. The van der Waals surface area contributed by atoms with Gasteiger partial charge in [0.1, 0.15) is 12.4 Å². The Balaban J connectivity index is 0.00000180. The van der Waals surface area contributed by atoms with Crippen LogP contribution in [0.1, 0.15) is 29.8 Å². The van der Waals surface area contributed by atoms with E-state index in [1.807, 2.05) is 6.07 Å². The fourth-order valence-corrected chi connectivity index (χ4v) is 1.99. The van der Waals surface area contributed by atoms with Gasteiger partial charge in [-0.05, 0) is 18.1 Å². The van der Waals surface area contributed by atoms with Crippen molar-refractivity contribution in [2.24, 2.45) is 5.92 Å². The first kappa shape index (κ1) is 15.9. The molecule has 0 fully saturated rings. The summed E-state index contributed by atoms with van der Waals surface area (Å²) in [6.45, 7) is 5.71. The molecule has 0 amide bonds. The Bertz CT molecular complexity index is 448. The Labute approximate surface area is 120 Å². The van der Waals surface area contributed by atoms with Crippen LogP contribution >= 0.6 is 13.5 Å². The number of carbonyl (C=O) groups excluding carboxylic acids is 1. The van der Waals surface area contributed by atoms with Crippen molar-refractivity contribution in [3.05, 3.63) is 29.3 Å². The fourth-order valence-electron chi connectivity index (χ4n) is 1.99. The van der Waals surface area contributed by atoms with Crippen LogP contribution in [0.2, 0.25) is 0 Å². The molecule has 0 saturated heterocycles. The lowest BCUT2D eigenvalue weighted by Crippen LogP contribution is -2.36. The molecule has 0 unspecified atom stereocenters. The quantitative estimate of drug-likeness (QED) is 0.844. The van der Waals surface area contributed by atoms with Gasteiger partial charge in [0.15, 0.2) is 0 Å². The second-order valence-electron chi connectivity index (χ2n) is 4.86. The maximum absolute atomic E-state index is 11.5. The molecule has 0 radical (unpaired) electrons. The average molecular weight is 283 g/mol. The van der Waals surface area contributed by atoms with Crippen molar-refractivity contribution in [1.82, 2.24) is 5.32 Å². The maximum Gasteiger partial charge on any atom is 0.337 e. The molecule has 106 valence electrons. The van der Waals surface area contributed by atoms with Crippen LogP contribution in [0.4, 0.5) is 0 Å². The molecule has 1 aromatic rings. The molecule has 1 N–H and O–H groups in total. The van der Waals surface area contributed by atoms with Crippen LogP contribution < -0.4 is 10.1 Å². The van der Waals surface area contributed by atoms with E-state index in [-0.39, 0.29) is 19.5 Å². The Kier molecular flexibility index (Phi) is 5.69. The first-order valence-corrected chi connectivity index (χ1v) is 6.19. The average Bonchev–Trinajstić information content (AvgIpc) is 2.59. The van der Waals surface area contributed by atoms with Crippen molar-refractivity contribution in [3.63, 3.8) is 0 Å². The zero-order chi connectivity index (χ0) is 13.1. The Morgan fingerprint density at radius 3 is 2.84 bits per heavy atom. The first-order valence-electron chi connectivity index (χ1n) is 6.19. The van der Waals surface area contributed by atoms with Crippen LogP contribution in [0.3, 0.4) is 0 Å². The van der Waals surface area contributed by atoms with Crippen molar-refractivity contribution in [1.29, 1.82) is 0 Å². The number of methoxy groups -OCH3 is 1. The van der Waals surface area contributed by atoms with E-state index in [2.05, 4.69) is 19.2 Å². The number of benzene rings is 1. The van der Waals surface area contributed by atoms with Gasteiger partial charge in [0.05, 0.1) is 12.7 Å². The van der Waals surface area contributed by atoms with Crippen LogP contribution in [-0.2, 0) is 11.3 Å². The third kappa shape index (κ3) is 3.64. The molecular weight excluding hydrogens is 262 g/mol. The molecule has 1 aromatic carbocycles. The predicted octanol–water partition coefficient (Wildman–Crippen LogP) is 2.09. The molecule has 5 heteroatoms. The lowest BCUT2D eigenvalue weighted by Gasteiger charge is -2.18. The number of hydrogen-bond donors (Lipinski definition) is 1. The number of hydrogen-bond acceptors (Lipinski definition) is 4. The van der Waals surface area contributed by atoms with Crippen LogP contribution in [0.25, 0.3) is 0 Å². The molecule has 1 heterocycles. The molecule has 1 aliphatic heterocycles. The van der Waals surface area contributed by atoms with Crippen LogP contribution in [-0.4, -0.2) is 25.7 Å². The smallest absolute Gasteiger partial charge is 0.337 e. The number of rotatable bonds is 2. The van der Waals surface area contributed by atoms with Crippen molar-refractivity contribution in [2.75, 3.05) is 13.7 Å². The molecule has 0 aliphatic carbocycles. The predicted molar refractivity (Wildman–Crippen MR) is 79.1 cm³/mol. The van der Waals surface area contributed by atoms with Gasteiger partial charge in [-0.25, -0.2) is 4.79 Å². The van der Waals surface area contributed by atoms with Crippen LogP contribution in [0.15, 0.2) is 18.2 Å². The summed E-state index contributed by atoms with van der Waals surface area (Å²) < 4.78 is 10.5. The molecule has 0 spiro atoms. The lowest BCUT2D eigenvalue weighted by atomic mass is 10.1. The standard InChI is InChI=1S/C14H19NO3.H2S/c1-9(2)12-8-18-13-6-10(14(16)17-3)4-5-11(13)7-15-12;/h4-6,9,12,15H,7-8H2,1-3H3;1H2/t12-;/m1./s1. The van der Waals surface area contributed by atoms with Crippen molar-refractivity contribution in [2.45, 2.75) is 26.4 Å². The van der Waals surface area contributed by atoms with Gasteiger partial charge in [-0.3, -0.25) is 0 Å². The Morgan fingerprint density at radius 1 is 1.47 bits per heavy atom. The summed E-state index contributed by atoms with van der Waals surface area (Å²) in [6.07, 6.45) is 0. The molecule has 2 rings (SSSR count). The van der Waals surface area contributed by atoms with Gasteiger partial charge >= 0.3 is 5.97 Å². The van der Waals surface area contributed by atoms with Gasteiger partial charge in [-0.1, -0.05) is 19.9 Å². The van der Waals surface area contributed by atoms with E-state index >= 15 is 0 Å². The van der Waals surface area contributed by atoms with Gasteiger partial charge in [-0.15, -0.1) is 0 Å². The normalized spacial score (nSPS) is 17.8. The highest BCUT2D eigenvalue weighted by Gasteiger charge is 2.20. The van der Waals surface area contributed by atoms with E-state index < -0.39 is 0 Å². The third-order valence-electron chi connectivity index (χ3n) is 3.27. The molecule has 0 aromatic heterocycles. The van der Waals surface area contributed by atoms with Crippen LogP contribution in [0.5, 0.6) is 5.75 Å². The summed E-state index contributed by atoms with van der Waals surface area (Å²) in [5.41, 5.74) is 1.60.